The zero-order chi connectivity index (χ0) is 16.9. The summed E-state index contributed by atoms with van der Waals surface area (Å²) in [6.45, 7) is 4.37. The number of amides is 1. The van der Waals surface area contributed by atoms with E-state index in [1.807, 2.05) is 32.0 Å². The second-order valence-corrected chi connectivity index (χ2v) is 5.45. The highest BCUT2D eigenvalue weighted by Crippen LogP contribution is 2.22. The number of carbonyl (C=O) groups excluding carboxylic acids is 1. The van der Waals surface area contributed by atoms with Crippen molar-refractivity contribution in [3.8, 4) is 0 Å². The fraction of sp³-hybridized carbons (Fsp3) is 0.167. The Hall–Kier alpha value is -3.15. The predicted molar refractivity (Wildman–Crippen MR) is 91.1 cm³/mol. The summed E-state index contributed by atoms with van der Waals surface area (Å²) in [5.74, 6) is 0.901. The van der Waals surface area contributed by atoms with Gasteiger partial charge in [-0.3, -0.25) is 4.79 Å². The van der Waals surface area contributed by atoms with E-state index in [-0.39, 0.29) is 5.91 Å². The van der Waals surface area contributed by atoms with Crippen molar-refractivity contribution in [2.24, 2.45) is 0 Å². The van der Waals surface area contributed by atoms with Gasteiger partial charge in [-0.15, -0.1) is 0 Å². The van der Waals surface area contributed by atoms with Gasteiger partial charge in [-0.2, -0.15) is 0 Å². The molecule has 2 heterocycles. The van der Waals surface area contributed by atoms with E-state index in [0.29, 0.717) is 23.8 Å². The van der Waals surface area contributed by atoms with Crippen molar-refractivity contribution < 1.29 is 9.21 Å². The number of aromatic nitrogens is 2. The normalized spacial score (nSPS) is 10.4. The van der Waals surface area contributed by atoms with Crippen LogP contribution in [0.5, 0.6) is 0 Å². The molecule has 2 aromatic heterocycles. The van der Waals surface area contributed by atoms with Crippen LogP contribution in [0.1, 0.15) is 27.2 Å². The fourth-order valence-corrected chi connectivity index (χ4v) is 2.32. The zero-order valence-corrected chi connectivity index (χ0v) is 13.5. The molecule has 0 aliphatic carbocycles. The number of carbonyl (C=O) groups is 1. The highest BCUT2D eigenvalue weighted by Gasteiger charge is 2.09. The van der Waals surface area contributed by atoms with Crippen LogP contribution in [0, 0.1) is 13.8 Å². The second-order valence-electron chi connectivity index (χ2n) is 5.45. The summed E-state index contributed by atoms with van der Waals surface area (Å²) in [7, 11) is 0. The lowest BCUT2D eigenvalue weighted by Gasteiger charge is -2.11. The minimum absolute atomic E-state index is 0.245. The molecule has 1 amide bonds. The molecule has 0 atom stereocenters. The quantitative estimate of drug-likeness (QED) is 0.753. The molecule has 0 saturated carbocycles. The Morgan fingerprint density at radius 2 is 1.79 bits per heavy atom. The minimum atomic E-state index is -0.245. The van der Waals surface area contributed by atoms with Crippen LogP contribution >= 0.6 is 0 Å². The summed E-state index contributed by atoms with van der Waals surface area (Å²) < 4.78 is 5.17. The maximum Gasteiger partial charge on any atom is 0.254 e. The summed E-state index contributed by atoms with van der Waals surface area (Å²) >= 11 is 0. The number of nitrogens with one attached hydrogen (secondary N) is 2. The number of furan rings is 1. The molecule has 3 aromatic rings. The van der Waals surface area contributed by atoms with Crippen LogP contribution in [0.4, 0.5) is 11.6 Å². The summed E-state index contributed by atoms with van der Waals surface area (Å²) in [5.41, 5.74) is 3.60. The van der Waals surface area contributed by atoms with Crippen LogP contribution in [-0.2, 0) is 6.54 Å². The van der Waals surface area contributed by atoms with Gasteiger partial charge in [-0.1, -0.05) is 18.2 Å². The summed E-state index contributed by atoms with van der Waals surface area (Å²) in [5, 5.41) is 5.95. The van der Waals surface area contributed by atoms with Crippen molar-refractivity contribution in [2.45, 2.75) is 20.4 Å². The van der Waals surface area contributed by atoms with E-state index in [9.17, 15) is 4.79 Å². The molecule has 6 nitrogen and oxygen atoms in total. The van der Waals surface area contributed by atoms with Crippen LogP contribution in [0.3, 0.4) is 0 Å². The number of benzene rings is 1. The Kier molecular flexibility index (Phi) is 4.56. The Morgan fingerprint density at radius 1 is 1.08 bits per heavy atom. The van der Waals surface area contributed by atoms with Crippen LogP contribution in [-0.4, -0.2) is 15.9 Å². The lowest BCUT2D eigenvalue weighted by Crippen LogP contribution is -2.23. The monoisotopic (exact) mass is 322 g/mol. The third kappa shape index (κ3) is 3.60. The first-order valence-corrected chi connectivity index (χ1v) is 7.59. The van der Waals surface area contributed by atoms with Gasteiger partial charge in [0.2, 0.25) is 5.95 Å². The minimum Gasteiger partial charge on any atom is -0.467 e. The maximum absolute atomic E-state index is 12.1. The Balaban J connectivity index is 1.65. The van der Waals surface area contributed by atoms with E-state index in [2.05, 4.69) is 20.6 Å². The number of hydrogen-bond donors (Lipinski definition) is 2. The molecule has 1 aromatic carbocycles. The molecule has 2 N–H and O–H groups in total. The molecule has 0 radical (unpaired) electrons. The summed E-state index contributed by atoms with van der Waals surface area (Å²) in [6, 6.07) is 9.62. The molecule has 3 rings (SSSR count). The van der Waals surface area contributed by atoms with Crippen molar-refractivity contribution in [3.63, 3.8) is 0 Å². The molecule has 122 valence electrons. The number of anilines is 2. The van der Waals surface area contributed by atoms with Gasteiger partial charge in [-0.05, 0) is 37.1 Å². The molecule has 24 heavy (non-hydrogen) atoms. The van der Waals surface area contributed by atoms with E-state index in [4.69, 9.17) is 4.42 Å². The second kappa shape index (κ2) is 6.95. The van der Waals surface area contributed by atoms with Crippen LogP contribution in [0.2, 0.25) is 0 Å². The molecule has 0 aliphatic rings. The van der Waals surface area contributed by atoms with E-state index in [0.717, 1.165) is 16.8 Å². The van der Waals surface area contributed by atoms with Crippen LogP contribution < -0.4 is 10.6 Å². The zero-order valence-electron chi connectivity index (χ0n) is 13.5. The summed E-state index contributed by atoms with van der Waals surface area (Å²) in [4.78, 5) is 20.5. The van der Waals surface area contributed by atoms with Gasteiger partial charge in [0.05, 0.1) is 18.4 Å². The highest BCUT2D eigenvalue weighted by atomic mass is 16.3. The third-order valence-electron chi connectivity index (χ3n) is 3.64. The van der Waals surface area contributed by atoms with Crippen molar-refractivity contribution in [1.29, 1.82) is 0 Å². The van der Waals surface area contributed by atoms with Gasteiger partial charge in [0, 0.05) is 18.1 Å². The van der Waals surface area contributed by atoms with Gasteiger partial charge in [0.25, 0.3) is 5.91 Å². The third-order valence-corrected chi connectivity index (χ3v) is 3.64. The molecular weight excluding hydrogens is 304 g/mol. The number of hydrogen-bond acceptors (Lipinski definition) is 5. The Bertz CT molecular complexity index is 806. The lowest BCUT2D eigenvalue weighted by molar-refractivity contribution is 0.0947. The Morgan fingerprint density at radius 3 is 2.42 bits per heavy atom. The van der Waals surface area contributed by atoms with E-state index in [1.54, 1.807) is 18.4 Å². The lowest BCUT2D eigenvalue weighted by atomic mass is 10.1. The molecule has 0 unspecified atom stereocenters. The van der Waals surface area contributed by atoms with E-state index >= 15 is 0 Å². The average Bonchev–Trinajstić information content (AvgIpc) is 3.10. The molecule has 0 saturated heterocycles. The Labute approximate surface area is 140 Å². The number of nitrogens with zero attached hydrogens (tertiary/aromatic N) is 2. The molecule has 0 spiro atoms. The standard InChI is InChI=1S/C18H18N4O2/c1-12-5-3-6-13(2)16(12)22-18-20-9-14(10-21-18)17(23)19-11-15-7-4-8-24-15/h3-10H,11H2,1-2H3,(H,19,23)(H,20,21,22). The SMILES string of the molecule is Cc1cccc(C)c1Nc1ncc(C(=O)NCc2ccco2)cn1. The van der Waals surface area contributed by atoms with Gasteiger partial charge in [0.15, 0.2) is 0 Å². The van der Waals surface area contributed by atoms with E-state index in [1.165, 1.54) is 12.4 Å². The van der Waals surface area contributed by atoms with Gasteiger partial charge >= 0.3 is 0 Å². The first kappa shape index (κ1) is 15.7. The molecule has 0 aliphatic heterocycles. The van der Waals surface area contributed by atoms with Crippen molar-refractivity contribution in [2.75, 3.05) is 5.32 Å². The highest BCUT2D eigenvalue weighted by molar-refractivity contribution is 5.93. The first-order chi connectivity index (χ1) is 11.6. The van der Waals surface area contributed by atoms with Crippen LogP contribution in [0.15, 0.2) is 53.4 Å². The van der Waals surface area contributed by atoms with Crippen LogP contribution in [0.25, 0.3) is 0 Å². The van der Waals surface area contributed by atoms with E-state index < -0.39 is 0 Å². The topological polar surface area (TPSA) is 80.0 Å². The fourth-order valence-electron chi connectivity index (χ4n) is 2.32. The van der Waals surface area contributed by atoms with Gasteiger partial charge in [-0.25, -0.2) is 9.97 Å². The number of rotatable bonds is 5. The average molecular weight is 322 g/mol. The van der Waals surface area contributed by atoms with Gasteiger partial charge < -0.3 is 15.1 Å². The predicted octanol–water partition coefficient (Wildman–Crippen LogP) is 3.36. The maximum atomic E-state index is 12.1. The number of para-hydroxylation sites is 1. The van der Waals surface area contributed by atoms with Crippen molar-refractivity contribution in [1.82, 2.24) is 15.3 Å². The first-order valence-electron chi connectivity index (χ1n) is 7.59. The molecule has 0 bridgehead atoms. The van der Waals surface area contributed by atoms with Crippen molar-refractivity contribution in [3.05, 3.63) is 71.4 Å². The van der Waals surface area contributed by atoms with Gasteiger partial charge in [0.1, 0.15) is 5.76 Å². The number of aryl methyl sites for hydroxylation is 2. The molecule has 6 heteroatoms. The molecular formula is C18H18N4O2. The largest absolute Gasteiger partial charge is 0.467 e. The molecule has 0 fully saturated rings. The van der Waals surface area contributed by atoms with Crippen molar-refractivity contribution >= 4 is 17.5 Å². The summed E-state index contributed by atoms with van der Waals surface area (Å²) in [6.07, 6.45) is 4.57. The smallest absolute Gasteiger partial charge is 0.254 e.